The molecule has 4 heteroatoms. The number of piperidine rings is 1. The van der Waals surface area contributed by atoms with E-state index in [-0.39, 0.29) is 11.9 Å². The van der Waals surface area contributed by atoms with Crippen LogP contribution in [0.25, 0.3) is 10.9 Å². The minimum atomic E-state index is -0.0185. The van der Waals surface area contributed by atoms with Crippen molar-refractivity contribution >= 4 is 22.6 Å². The van der Waals surface area contributed by atoms with Crippen LogP contribution in [0.2, 0.25) is 0 Å². The molecule has 1 aliphatic rings. The van der Waals surface area contributed by atoms with Crippen molar-refractivity contribution in [1.82, 2.24) is 10.3 Å². The first-order valence-electron chi connectivity index (χ1n) is 10.7. The fraction of sp³-hybridized carbons (Fsp3) is 0.360. The molecule has 1 atom stereocenters. The number of amides is 1. The normalized spacial score (nSPS) is 15.3. The van der Waals surface area contributed by atoms with Crippen LogP contribution in [0, 0.1) is 6.92 Å². The lowest BCUT2D eigenvalue weighted by molar-refractivity contribution is 0.0936. The van der Waals surface area contributed by atoms with Gasteiger partial charge in [0, 0.05) is 24.0 Å². The zero-order chi connectivity index (χ0) is 20.2. The summed E-state index contributed by atoms with van der Waals surface area (Å²) in [7, 11) is 0. The summed E-state index contributed by atoms with van der Waals surface area (Å²) in [6, 6.07) is 18.2. The van der Waals surface area contributed by atoms with Crippen molar-refractivity contribution in [3.05, 3.63) is 71.3 Å². The van der Waals surface area contributed by atoms with Crippen molar-refractivity contribution in [2.45, 2.75) is 45.6 Å². The number of para-hydroxylation sites is 1. The highest BCUT2D eigenvalue weighted by molar-refractivity contribution is 6.08. The maximum absolute atomic E-state index is 13.5. The van der Waals surface area contributed by atoms with Gasteiger partial charge in [0.05, 0.1) is 17.1 Å². The van der Waals surface area contributed by atoms with E-state index in [0.717, 1.165) is 52.9 Å². The van der Waals surface area contributed by atoms with Gasteiger partial charge in [0.25, 0.3) is 5.91 Å². The Bertz CT molecular complexity index is 994. The number of anilines is 1. The summed E-state index contributed by atoms with van der Waals surface area (Å²) in [5, 5.41) is 4.20. The highest BCUT2D eigenvalue weighted by Crippen LogP contribution is 2.30. The first-order chi connectivity index (χ1) is 14.2. The van der Waals surface area contributed by atoms with Crippen molar-refractivity contribution in [2.75, 3.05) is 18.0 Å². The van der Waals surface area contributed by atoms with Gasteiger partial charge in [-0.15, -0.1) is 0 Å². The van der Waals surface area contributed by atoms with Gasteiger partial charge in [-0.05, 0) is 44.2 Å². The molecule has 0 saturated carbocycles. The van der Waals surface area contributed by atoms with E-state index in [2.05, 4.69) is 29.3 Å². The maximum atomic E-state index is 13.5. The quantitative estimate of drug-likeness (QED) is 0.636. The average Bonchev–Trinajstić information content (AvgIpc) is 2.78. The molecule has 0 spiro atoms. The van der Waals surface area contributed by atoms with Gasteiger partial charge in [-0.2, -0.15) is 0 Å². The van der Waals surface area contributed by atoms with Crippen molar-refractivity contribution in [1.29, 1.82) is 0 Å². The van der Waals surface area contributed by atoms with E-state index in [1.165, 1.54) is 19.3 Å². The molecule has 0 unspecified atom stereocenters. The maximum Gasteiger partial charge on any atom is 0.252 e. The zero-order valence-electron chi connectivity index (χ0n) is 17.3. The second-order valence-electron chi connectivity index (χ2n) is 7.85. The van der Waals surface area contributed by atoms with Gasteiger partial charge in [-0.25, -0.2) is 4.98 Å². The van der Waals surface area contributed by atoms with E-state index in [1.807, 2.05) is 49.4 Å². The highest BCUT2D eigenvalue weighted by Gasteiger charge is 2.23. The summed E-state index contributed by atoms with van der Waals surface area (Å²) in [4.78, 5) is 20.8. The van der Waals surface area contributed by atoms with Crippen molar-refractivity contribution in [3.63, 3.8) is 0 Å². The monoisotopic (exact) mass is 387 g/mol. The number of benzene rings is 2. The minimum Gasteiger partial charge on any atom is -0.356 e. The molecule has 2 aromatic carbocycles. The standard InChI is InChI=1S/C25H29N3O/c1-3-21(19-12-6-4-7-13-19)27-25(29)23-18(2)24(28-16-10-5-11-17-28)26-22-15-9-8-14-20(22)23/h4,6-9,12-15,21H,3,5,10-11,16-17H2,1-2H3,(H,27,29)/t21-/m0/s1. The first kappa shape index (κ1) is 19.4. The van der Waals surface area contributed by atoms with Crippen LogP contribution in [-0.4, -0.2) is 24.0 Å². The highest BCUT2D eigenvalue weighted by atomic mass is 16.1. The van der Waals surface area contributed by atoms with E-state index in [4.69, 9.17) is 4.98 Å². The largest absolute Gasteiger partial charge is 0.356 e. The number of hydrogen-bond acceptors (Lipinski definition) is 3. The van der Waals surface area contributed by atoms with Gasteiger partial charge < -0.3 is 10.2 Å². The number of aromatic nitrogens is 1. The number of carbonyl (C=O) groups excluding carboxylic acids is 1. The van der Waals surface area contributed by atoms with Crippen LogP contribution in [0.4, 0.5) is 5.82 Å². The molecule has 1 N–H and O–H groups in total. The first-order valence-corrected chi connectivity index (χ1v) is 10.7. The topological polar surface area (TPSA) is 45.2 Å². The second-order valence-corrected chi connectivity index (χ2v) is 7.85. The van der Waals surface area contributed by atoms with Crippen LogP contribution in [0.5, 0.6) is 0 Å². The number of nitrogens with one attached hydrogen (secondary N) is 1. The molecule has 4 rings (SSSR count). The van der Waals surface area contributed by atoms with E-state index in [9.17, 15) is 4.79 Å². The predicted octanol–water partition coefficient (Wildman–Crippen LogP) is 5.41. The Hall–Kier alpha value is -2.88. The number of nitrogens with zero attached hydrogens (tertiary/aromatic N) is 2. The Morgan fingerprint density at radius 2 is 1.72 bits per heavy atom. The van der Waals surface area contributed by atoms with Crippen LogP contribution in [0.15, 0.2) is 54.6 Å². The molecule has 0 radical (unpaired) electrons. The molecule has 3 aromatic rings. The third-order valence-corrected chi connectivity index (χ3v) is 5.91. The number of pyridine rings is 1. The van der Waals surface area contributed by atoms with Crippen LogP contribution < -0.4 is 10.2 Å². The molecule has 4 nitrogen and oxygen atoms in total. The summed E-state index contributed by atoms with van der Waals surface area (Å²) in [5.41, 5.74) is 3.75. The van der Waals surface area contributed by atoms with Gasteiger partial charge in [0.2, 0.25) is 0 Å². The SMILES string of the molecule is CC[C@H](NC(=O)c1c(C)c(N2CCCCC2)nc2ccccc12)c1ccccc1. The summed E-state index contributed by atoms with van der Waals surface area (Å²) in [5.74, 6) is 0.941. The van der Waals surface area contributed by atoms with Crippen LogP contribution in [-0.2, 0) is 0 Å². The zero-order valence-corrected chi connectivity index (χ0v) is 17.3. The third-order valence-electron chi connectivity index (χ3n) is 5.91. The Morgan fingerprint density at radius 1 is 1.03 bits per heavy atom. The molecule has 0 aliphatic carbocycles. The molecule has 1 saturated heterocycles. The van der Waals surface area contributed by atoms with Gasteiger partial charge >= 0.3 is 0 Å². The van der Waals surface area contributed by atoms with E-state index < -0.39 is 0 Å². The molecule has 1 aliphatic heterocycles. The van der Waals surface area contributed by atoms with Crippen molar-refractivity contribution < 1.29 is 4.79 Å². The number of rotatable bonds is 5. The molecule has 0 bridgehead atoms. The number of hydrogen-bond donors (Lipinski definition) is 1. The molecular weight excluding hydrogens is 358 g/mol. The fourth-order valence-electron chi connectivity index (χ4n) is 4.34. The Kier molecular flexibility index (Phi) is 5.79. The van der Waals surface area contributed by atoms with Crippen molar-refractivity contribution in [2.24, 2.45) is 0 Å². The molecule has 29 heavy (non-hydrogen) atoms. The van der Waals surface area contributed by atoms with E-state index >= 15 is 0 Å². The van der Waals surface area contributed by atoms with Crippen LogP contribution >= 0.6 is 0 Å². The van der Waals surface area contributed by atoms with Crippen molar-refractivity contribution in [3.8, 4) is 0 Å². The lowest BCUT2D eigenvalue weighted by Crippen LogP contribution is -2.33. The Balaban J connectivity index is 1.75. The molecule has 1 fully saturated rings. The second kappa shape index (κ2) is 8.64. The minimum absolute atomic E-state index is 0.00605. The smallest absolute Gasteiger partial charge is 0.252 e. The van der Waals surface area contributed by atoms with Crippen LogP contribution in [0.3, 0.4) is 0 Å². The molecule has 150 valence electrons. The summed E-state index contributed by atoms with van der Waals surface area (Å²) in [6.45, 7) is 6.17. The summed E-state index contributed by atoms with van der Waals surface area (Å²) >= 11 is 0. The van der Waals surface area contributed by atoms with Gasteiger partial charge in [0.15, 0.2) is 0 Å². The molecule has 2 heterocycles. The summed E-state index contributed by atoms with van der Waals surface area (Å²) < 4.78 is 0. The Labute approximate surface area is 173 Å². The Morgan fingerprint density at radius 3 is 2.45 bits per heavy atom. The molecule has 1 aromatic heterocycles. The summed E-state index contributed by atoms with van der Waals surface area (Å²) in [6.07, 6.45) is 4.48. The lowest BCUT2D eigenvalue weighted by Gasteiger charge is -2.30. The van der Waals surface area contributed by atoms with Gasteiger partial charge in [0.1, 0.15) is 5.82 Å². The van der Waals surface area contributed by atoms with Gasteiger partial charge in [-0.1, -0.05) is 55.5 Å². The average molecular weight is 388 g/mol. The molecular formula is C25H29N3O. The lowest BCUT2D eigenvalue weighted by atomic mass is 9.99. The van der Waals surface area contributed by atoms with Gasteiger partial charge in [-0.3, -0.25) is 4.79 Å². The van der Waals surface area contributed by atoms with E-state index in [0.29, 0.717) is 0 Å². The predicted molar refractivity (Wildman–Crippen MR) is 119 cm³/mol. The van der Waals surface area contributed by atoms with Crippen LogP contribution in [0.1, 0.15) is 60.1 Å². The number of carbonyl (C=O) groups is 1. The number of fused-ring (bicyclic) bond motifs is 1. The molecule has 1 amide bonds. The van der Waals surface area contributed by atoms with E-state index in [1.54, 1.807) is 0 Å². The fourth-order valence-corrected chi connectivity index (χ4v) is 4.34. The third kappa shape index (κ3) is 3.98.